The standard InChI is InChI=1S/C8H13N/c1-9-7-3-2-4-8(9)6-5-7/h5-8H,2-4H2,1H3/t7-,8+. The Labute approximate surface area is 56.4 Å². The van der Waals surface area contributed by atoms with Crippen molar-refractivity contribution in [3.05, 3.63) is 12.2 Å². The lowest BCUT2D eigenvalue weighted by Crippen LogP contribution is -2.36. The van der Waals surface area contributed by atoms with Crippen molar-refractivity contribution in [1.82, 2.24) is 4.90 Å². The van der Waals surface area contributed by atoms with Crippen LogP contribution in [0, 0.1) is 0 Å². The van der Waals surface area contributed by atoms with Gasteiger partial charge in [0, 0.05) is 12.1 Å². The molecule has 1 fully saturated rings. The van der Waals surface area contributed by atoms with Crippen molar-refractivity contribution >= 4 is 0 Å². The summed E-state index contributed by atoms with van der Waals surface area (Å²) in [4.78, 5) is 2.48. The number of likely N-dealkylation sites (N-methyl/N-ethyl adjacent to an activating group) is 1. The Bertz CT molecular complexity index is 126. The Hall–Kier alpha value is -0.300. The average molecular weight is 123 g/mol. The topological polar surface area (TPSA) is 3.24 Å². The van der Waals surface area contributed by atoms with Crippen LogP contribution in [0.25, 0.3) is 0 Å². The van der Waals surface area contributed by atoms with Gasteiger partial charge in [0.1, 0.15) is 0 Å². The van der Waals surface area contributed by atoms with E-state index in [-0.39, 0.29) is 0 Å². The summed E-state index contributed by atoms with van der Waals surface area (Å²) in [5.41, 5.74) is 0. The molecule has 0 aliphatic carbocycles. The summed E-state index contributed by atoms with van der Waals surface area (Å²) in [6, 6.07) is 1.56. The number of hydrogen-bond donors (Lipinski definition) is 0. The minimum Gasteiger partial charge on any atom is -0.294 e. The maximum Gasteiger partial charge on any atom is 0.0281 e. The van der Waals surface area contributed by atoms with E-state index in [2.05, 4.69) is 24.1 Å². The fourth-order valence-corrected chi connectivity index (χ4v) is 1.91. The first-order valence-electron chi connectivity index (χ1n) is 3.78. The second-order valence-electron chi connectivity index (χ2n) is 3.12. The van der Waals surface area contributed by atoms with Gasteiger partial charge < -0.3 is 0 Å². The highest BCUT2D eigenvalue weighted by Gasteiger charge is 2.28. The van der Waals surface area contributed by atoms with Gasteiger partial charge in [0.2, 0.25) is 0 Å². The van der Waals surface area contributed by atoms with E-state index in [4.69, 9.17) is 0 Å². The van der Waals surface area contributed by atoms with Crippen molar-refractivity contribution < 1.29 is 0 Å². The molecule has 2 heterocycles. The monoisotopic (exact) mass is 123 g/mol. The van der Waals surface area contributed by atoms with E-state index < -0.39 is 0 Å². The molecule has 0 saturated carbocycles. The van der Waals surface area contributed by atoms with E-state index in [9.17, 15) is 0 Å². The third kappa shape index (κ3) is 0.715. The van der Waals surface area contributed by atoms with Crippen LogP contribution in [0.2, 0.25) is 0 Å². The van der Waals surface area contributed by atoms with Crippen molar-refractivity contribution in [1.29, 1.82) is 0 Å². The Kier molecular flexibility index (Phi) is 1.12. The molecule has 0 N–H and O–H groups in total. The number of nitrogens with zero attached hydrogens (tertiary/aromatic N) is 1. The quantitative estimate of drug-likeness (QED) is 0.440. The van der Waals surface area contributed by atoms with Crippen LogP contribution in [0.3, 0.4) is 0 Å². The minimum atomic E-state index is 0.781. The van der Waals surface area contributed by atoms with Gasteiger partial charge in [-0.05, 0) is 26.3 Å². The van der Waals surface area contributed by atoms with Gasteiger partial charge >= 0.3 is 0 Å². The first kappa shape index (κ1) is 5.48. The number of fused-ring (bicyclic) bond motifs is 2. The summed E-state index contributed by atoms with van der Waals surface area (Å²) in [5, 5.41) is 0. The smallest absolute Gasteiger partial charge is 0.0281 e. The van der Waals surface area contributed by atoms with Gasteiger partial charge in [0.15, 0.2) is 0 Å². The summed E-state index contributed by atoms with van der Waals surface area (Å²) in [7, 11) is 2.23. The second kappa shape index (κ2) is 1.84. The lowest BCUT2D eigenvalue weighted by Gasteiger charge is -2.30. The molecule has 1 nitrogen and oxygen atoms in total. The summed E-state index contributed by atoms with van der Waals surface area (Å²) in [6.07, 6.45) is 8.90. The van der Waals surface area contributed by atoms with E-state index in [1.165, 1.54) is 19.3 Å². The van der Waals surface area contributed by atoms with Gasteiger partial charge in [0.25, 0.3) is 0 Å². The van der Waals surface area contributed by atoms with E-state index in [0.29, 0.717) is 0 Å². The molecule has 0 radical (unpaired) electrons. The van der Waals surface area contributed by atoms with Crippen LogP contribution in [0.5, 0.6) is 0 Å². The fourth-order valence-electron chi connectivity index (χ4n) is 1.91. The van der Waals surface area contributed by atoms with Gasteiger partial charge in [0.05, 0.1) is 0 Å². The SMILES string of the molecule is CN1[C@@H]2C=C[C@H]1CCC2. The van der Waals surface area contributed by atoms with Crippen LogP contribution >= 0.6 is 0 Å². The highest BCUT2D eigenvalue weighted by atomic mass is 15.2. The predicted molar refractivity (Wildman–Crippen MR) is 38.3 cm³/mol. The average Bonchev–Trinajstić information content (AvgIpc) is 2.19. The molecule has 50 valence electrons. The lowest BCUT2D eigenvalue weighted by molar-refractivity contribution is 0.195. The molecular weight excluding hydrogens is 110 g/mol. The molecule has 9 heavy (non-hydrogen) atoms. The van der Waals surface area contributed by atoms with E-state index in [1.807, 2.05) is 0 Å². The molecule has 2 rings (SSSR count). The maximum atomic E-state index is 2.48. The largest absolute Gasteiger partial charge is 0.294 e. The number of rotatable bonds is 0. The van der Waals surface area contributed by atoms with Crippen molar-refractivity contribution in [2.45, 2.75) is 31.3 Å². The van der Waals surface area contributed by atoms with E-state index in [1.54, 1.807) is 0 Å². The fraction of sp³-hybridized carbons (Fsp3) is 0.750. The van der Waals surface area contributed by atoms with Crippen LogP contribution in [-0.2, 0) is 0 Å². The Morgan fingerprint density at radius 3 is 2.22 bits per heavy atom. The summed E-state index contributed by atoms with van der Waals surface area (Å²) < 4.78 is 0. The molecule has 0 amide bonds. The second-order valence-corrected chi connectivity index (χ2v) is 3.12. The Balaban J connectivity index is 2.18. The molecule has 0 spiro atoms. The van der Waals surface area contributed by atoms with Crippen LogP contribution < -0.4 is 0 Å². The van der Waals surface area contributed by atoms with Crippen molar-refractivity contribution in [3.8, 4) is 0 Å². The zero-order valence-corrected chi connectivity index (χ0v) is 5.88. The summed E-state index contributed by atoms with van der Waals surface area (Å²) in [6.45, 7) is 0. The molecule has 1 heteroatoms. The zero-order chi connectivity index (χ0) is 6.27. The molecule has 0 aromatic rings. The van der Waals surface area contributed by atoms with Crippen LogP contribution in [0.1, 0.15) is 19.3 Å². The summed E-state index contributed by atoms with van der Waals surface area (Å²) >= 11 is 0. The molecule has 1 saturated heterocycles. The van der Waals surface area contributed by atoms with Gasteiger partial charge in [-0.15, -0.1) is 0 Å². The number of piperidine rings is 1. The normalized spacial score (nSPS) is 41.9. The zero-order valence-electron chi connectivity index (χ0n) is 5.88. The van der Waals surface area contributed by atoms with E-state index >= 15 is 0 Å². The van der Waals surface area contributed by atoms with Gasteiger partial charge in [-0.25, -0.2) is 0 Å². The van der Waals surface area contributed by atoms with Crippen LogP contribution in [-0.4, -0.2) is 24.0 Å². The molecule has 0 unspecified atom stereocenters. The molecule has 2 bridgehead atoms. The van der Waals surface area contributed by atoms with Crippen molar-refractivity contribution in [2.75, 3.05) is 7.05 Å². The van der Waals surface area contributed by atoms with Gasteiger partial charge in [-0.2, -0.15) is 0 Å². The molecule has 2 atom stereocenters. The van der Waals surface area contributed by atoms with E-state index in [0.717, 1.165) is 12.1 Å². The highest BCUT2D eigenvalue weighted by molar-refractivity contribution is 5.11. The third-order valence-corrected chi connectivity index (χ3v) is 2.60. The maximum absolute atomic E-state index is 2.48. The lowest BCUT2D eigenvalue weighted by atomic mass is 10.0. The molecule has 2 aliphatic heterocycles. The minimum absolute atomic E-state index is 0.781. The molecular formula is C8H13N. The van der Waals surface area contributed by atoms with Crippen LogP contribution in [0.4, 0.5) is 0 Å². The Morgan fingerprint density at radius 1 is 1.22 bits per heavy atom. The van der Waals surface area contributed by atoms with Crippen molar-refractivity contribution in [2.24, 2.45) is 0 Å². The Morgan fingerprint density at radius 2 is 1.78 bits per heavy atom. The van der Waals surface area contributed by atoms with Crippen molar-refractivity contribution in [3.63, 3.8) is 0 Å². The first-order chi connectivity index (χ1) is 4.38. The molecule has 0 aromatic carbocycles. The van der Waals surface area contributed by atoms with Crippen LogP contribution in [0.15, 0.2) is 12.2 Å². The molecule has 2 aliphatic rings. The molecule has 0 aromatic heterocycles. The van der Waals surface area contributed by atoms with Gasteiger partial charge in [-0.3, -0.25) is 4.90 Å². The first-order valence-corrected chi connectivity index (χ1v) is 3.78. The third-order valence-electron chi connectivity index (χ3n) is 2.60. The predicted octanol–water partition coefficient (Wildman–Crippen LogP) is 1.41. The number of hydrogen-bond acceptors (Lipinski definition) is 1. The summed E-state index contributed by atoms with van der Waals surface area (Å²) in [5.74, 6) is 0. The van der Waals surface area contributed by atoms with Gasteiger partial charge in [-0.1, -0.05) is 12.2 Å². The highest BCUT2D eigenvalue weighted by Crippen LogP contribution is 2.27.